The van der Waals surface area contributed by atoms with Gasteiger partial charge in [0.15, 0.2) is 15.9 Å². The summed E-state index contributed by atoms with van der Waals surface area (Å²) in [5, 5.41) is 0. The molecule has 0 saturated heterocycles. The minimum Gasteiger partial charge on any atom is -0.424 e. The predicted molar refractivity (Wildman–Crippen MR) is 87.1 cm³/mol. The van der Waals surface area contributed by atoms with E-state index in [-0.39, 0.29) is 5.52 Å². The number of carbonyl (C=O) groups is 1. The zero-order chi connectivity index (χ0) is 15.1. The van der Waals surface area contributed by atoms with E-state index in [1.165, 1.54) is 0 Å². The summed E-state index contributed by atoms with van der Waals surface area (Å²) in [6, 6.07) is 4.95. The van der Waals surface area contributed by atoms with Crippen LogP contribution in [0.5, 0.6) is 0 Å². The van der Waals surface area contributed by atoms with Crippen LogP contribution in [0.15, 0.2) is 12.1 Å². The maximum atomic E-state index is 12.3. The van der Waals surface area contributed by atoms with Crippen LogP contribution in [-0.2, 0) is 8.99 Å². The van der Waals surface area contributed by atoms with Gasteiger partial charge in [-0.2, -0.15) is 0 Å². The Bertz CT molecular complexity index is 477. The van der Waals surface area contributed by atoms with Gasteiger partial charge in [0, 0.05) is 6.61 Å². The van der Waals surface area contributed by atoms with Crippen LogP contribution in [0.2, 0.25) is 6.04 Å². The van der Waals surface area contributed by atoms with E-state index in [4.69, 9.17) is 4.43 Å². The lowest BCUT2D eigenvalue weighted by molar-refractivity contribution is 0.107. The van der Waals surface area contributed by atoms with Crippen LogP contribution in [0, 0.1) is 20.8 Å². The van der Waals surface area contributed by atoms with Gasteiger partial charge in [-0.05, 0) is 51.3 Å². The van der Waals surface area contributed by atoms with Gasteiger partial charge in [0.2, 0.25) is 0 Å². The molecule has 0 heterocycles. The van der Waals surface area contributed by atoms with Crippen molar-refractivity contribution in [2.24, 2.45) is 0 Å². The lowest BCUT2D eigenvalue weighted by Gasteiger charge is -2.05. The average Bonchev–Trinajstić information content (AvgIpc) is 2.36. The van der Waals surface area contributed by atoms with Crippen molar-refractivity contribution in [1.29, 1.82) is 0 Å². The number of rotatable bonds is 8. The van der Waals surface area contributed by atoms with Crippen molar-refractivity contribution >= 4 is 23.1 Å². The van der Waals surface area contributed by atoms with E-state index in [0.717, 1.165) is 35.8 Å². The van der Waals surface area contributed by atoms with Gasteiger partial charge in [0.1, 0.15) is 0 Å². The Morgan fingerprint density at radius 3 is 2.40 bits per heavy atom. The molecule has 1 aromatic carbocycles. The Balaban J connectivity index is 2.64. The summed E-state index contributed by atoms with van der Waals surface area (Å²) in [6.07, 6.45) is 1.32. The summed E-state index contributed by atoms with van der Waals surface area (Å²) in [7, 11) is -2.28. The predicted octanol–water partition coefficient (Wildman–Crippen LogP) is 3.51. The van der Waals surface area contributed by atoms with Crippen LogP contribution in [0.4, 0.5) is 0 Å². The van der Waals surface area contributed by atoms with Crippen molar-refractivity contribution in [3.05, 3.63) is 34.4 Å². The molecule has 1 atom stereocenters. The highest BCUT2D eigenvalue weighted by molar-refractivity contribution is 7.64. The Hall–Kier alpha value is -0.833. The molecule has 0 aromatic heterocycles. The van der Waals surface area contributed by atoms with E-state index in [0.29, 0.717) is 11.7 Å². The zero-order valence-electron chi connectivity index (χ0n) is 12.9. The molecule has 0 aliphatic rings. The smallest absolute Gasteiger partial charge is 0.420 e. The first-order valence-electron chi connectivity index (χ1n) is 7.12. The molecular formula is C15H24O3PSi+. The third kappa shape index (κ3) is 4.93. The summed E-state index contributed by atoms with van der Waals surface area (Å²) in [5.74, 6) is 0. The van der Waals surface area contributed by atoms with Gasteiger partial charge in [-0.3, -0.25) is 0 Å². The summed E-state index contributed by atoms with van der Waals surface area (Å²) in [4.78, 5) is 12.3. The van der Waals surface area contributed by atoms with Crippen molar-refractivity contribution < 1.29 is 13.8 Å². The molecule has 1 rings (SSSR count). The normalized spacial score (nSPS) is 12.1. The van der Waals surface area contributed by atoms with Crippen molar-refractivity contribution in [2.45, 2.75) is 40.2 Å². The Morgan fingerprint density at radius 2 is 1.85 bits per heavy atom. The molecule has 0 aliphatic carbocycles. The molecule has 1 unspecified atom stereocenters. The largest absolute Gasteiger partial charge is 0.424 e. The van der Waals surface area contributed by atoms with Crippen LogP contribution in [0.3, 0.4) is 0 Å². The molecule has 0 saturated carbocycles. The zero-order valence-corrected chi connectivity index (χ0v) is 15.2. The summed E-state index contributed by atoms with van der Waals surface area (Å²) >= 11 is 0. The minimum atomic E-state index is -1.80. The number of hydrogen-bond donors (Lipinski definition) is 0. The fourth-order valence-corrected chi connectivity index (χ4v) is 5.03. The number of aryl methyl sites for hydroxylation is 3. The fraction of sp³-hybridized carbons (Fsp3) is 0.533. The first-order valence-corrected chi connectivity index (χ1v) is 10.1. The van der Waals surface area contributed by atoms with Gasteiger partial charge in [0.05, 0.1) is 5.56 Å². The van der Waals surface area contributed by atoms with Gasteiger partial charge >= 0.3 is 13.3 Å². The second-order valence-corrected chi connectivity index (χ2v) is 8.22. The van der Waals surface area contributed by atoms with E-state index < -0.39 is 17.6 Å². The van der Waals surface area contributed by atoms with Crippen LogP contribution in [-0.4, -0.2) is 28.1 Å². The molecule has 20 heavy (non-hydrogen) atoms. The van der Waals surface area contributed by atoms with E-state index in [2.05, 4.69) is 0 Å². The quantitative estimate of drug-likeness (QED) is 0.419. The monoisotopic (exact) mass is 311 g/mol. The maximum Gasteiger partial charge on any atom is 0.420 e. The molecule has 0 aliphatic heterocycles. The number of hydrogen-bond acceptors (Lipinski definition) is 3. The van der Waals surface area contributed by atoms with Crippen molar-refractivity contribution in [3.8, 4) is 0 Å². The van der Waals surface area contributed by atoms with Crippen molar-refractivity contribution in [2.75, 3.05) is 12.8 Å². The van der Waals surface area contributed by atoms with Crippen LogP contribution >= 0.6 is 7.80 Å². The summed E-state index contributed by atoms with van der Waals surface area (Å²) < 4.78 is 17.5. The molecule has 110 valence electrons. The van der Waals surface area contributed by atoms with Crippen LogP contribution in [0.25, 0.3) is 0 Å². The van der Waals surface area contributed by atoms with Crippen LogP contribution < -0.4 is 0 Å². The van der Waals surface area contributed by atoms with Gasteiger partial charge in [-0.15, -0.1) is 0 Å². The molecule has 5 heteroatoms. The van der Waals surface area contributed by atoms with Gasteiger partial charge in [-0.25, -0.2) is 4.79 Å². The first-order chi connectivity index (χ1) is 9.47. The second kappa shape index (κ2) is 8.45. The second-order valence-electron chi connectivity index (χ2n) is 5.09. The molecule has 1 aromatic rings. The van der Waals surface area contributed by atoms with E-state index in [1.807, 2.05) is 39.8 Å². The molecule has 0 radical (unpaired) electrons. The third-order valence-electron chi connectivity index (χ3n) is 3.22. The number of carbonyl (C=O) groups excluding carboxylic acids is 1. The Morgan fingerprint density at radius 1 is 1.25 bits per heavy atom. The third-order valence-corrected chi connectivity index (χ3v) is 6.11. The molecule has 0 bridgehead atoms. The topological polar surface area (TPSA) is 43.4 Å². The highest BCUT2D eigenvalue weighted by Gasteiger charge is 2.31. The van der Waals surface area contributed by atoms with Crippen molar-refractivity contribution in [1.82, 2.24) is 0 Å². The molecule has 3 nitrogen and oxygen atoms in total. The molecular weight excluding hydrogens is 287 g/mol. The van der Waals surface area contributed by atoms with Crippen LogP contribution in [0.1, 0.15) is 40.4 Å². The average molecular weight is 311 g/mol. The Labute approximate surface area is 124 Å². The van der Waals surface area contributed by atoms with Gasteiger partial charge in [-0.1, -0.05) is 22.3 Å². The lowest BCUT2D eigenvalue weighted by Crippen LogP contribution is -2.03. The maximum absolute atomic E-state index is 12.3. The molecule has 0 amide bonds. The summed E-state index contributed by atoms with van der Waals surface area (Å²) in [6.45, 7) is 8.59. The molecule has 0 spiro atoms. The fourth-order valence-electron chi connectivity index (χ4n) is 2.35. The van der Waals surface area contributed by atoms with E-state index >= 15 is 0 Å². The lowest BCUT2D eigenvalue weighted by atomic mass is 10.0. The minimum absolute atomic E-state index is 0.187. The van der Waals surface area contributed by atoms with E-state index in [9.17, 15) is 9.36 Å². The van der Waals surface area contributed by atoms with E-state index in [1.54, 1.807) is 0 Å². The van der Waals surface area contributed by atoms with Gasteiger partial charge in [0.25, 0.3) is 0 Å². The summed E-state index contributed by atoms with van der Waals surface area (Å²) in [5.41, 5.74) is 3.46. The van der Waals surface area contributed by atoms with Gasteiger partial charge < -0.3 is 4.43 Å². The molecule has 0 N–H and O–H groups in total. The first kappa shape index (κ1) is 17.2. The molecule has 0 fully saturated rings. The van der Waals surface area contributed by atoms with Crippen molar-refractivity contribution in [3.63, 3.8) is 0 Å². The highest BCUT2D eigenvalue weighted by Crippen LogP contribution is 2.31. The SMILES string of the molecule is CCO[SiH2]CCC[P+](=O)C(=O)c1c(C)cc(C)cc1C. The highest BCUT2D eigenvalue weighted by atomic mass is 31.1. The standard InChI is InChI=1S/C15H24O3PSi/c1-5-18-20-8-6-7-19(17)15(16)14-12(3)9-11(2)10-13(14)4/h9-10H,5-8,20H2,1-4H3/q+1. The Kier molecular flexibility index (Phi) is 7.28. The number of benzene rings is 1.